The van der Waals surface area contributed by atoms with Crippen LogP contribution in [0.3, 0.4) is 0 Å². The van der Waals surface area contributed by atoms with Crippen molar-refractivity contribution in [2.75, 3.05) is 49.3 Å². The Kier molecular flexibility index (Phi) is 15.9. The van der Waals surface area contributed by atoms with Crippen molar-refractivity contribution in [3.63, 3.8) is 0 Å². The van der Waals surface area contributed by atoms with Crippen molar-refractivity contribution in [2.45, 2.75) is 116 Å². The van der Waals surface area contributed by atoms with E-state index in [1.54, 1.807) is 0 Å². The van der Waals surface area contributed by atoms with E-state index in [0.29, 0.717) is 49.6 Å². The van der Waals surface area contributed by atoms with Crippen LogP contribution in [0.25, 0.3) is 21.5 Å². The first-order valence-electron chi connectivity index (χ1n) is 22.8. The van der Waals surface area contributed by atoms with Crippen molar-refractivity contribution in [2.24, 2.45) is 0 Å². The zero-order valence-electron chi connectivity index (χ0n) is 35.9. The molecule has 2 amide bonds. The highest BCUT2D eigenvalue weighted by Gasteiger charge is 2.24. The SMILES string of the molecule is CCCCCCCCN(C(=O)c1ccc2cc(OCCC3CO3)ccc2c1)c1cccc(N(CCCCCCCC)C(=O)c2ccc3cc(OCCC4CO4)ccc3c2)c1. The van der Waals surface area contributed by atoms with Crippen LogP contribution >= 0.6 is 0 Å². The van der Waals surface area contributed by atoms with Crippen LogP contribution < -0.4 is 19.3 Å². The van der Waals surface area contributed by atoms with Gasteiger partial charge in [-0.3, -0.25) is 9.59 Å². The van der Waals surface area contributed by atoms with Gasteiger partial charge in [0, 0.05) is 48.4 Å². The van der Waals surface area contributed by atoms with Crippen molar-refractivity contribution >= 4 is 44.7 Å². The summed E-state index contributed by atoms with van der Waals surface area (Å²) in [7, 11) is 0. The van der Waals surface area contributed by atoms with E-state index in [-0.39, 0.29) is 11.8 Å². The third-order valence-corrected chi connectivity index (χ3v) is 11.8. The van der Waals surface area contributed by atoms with Gasteiger partial charge < -0.3 is 28.7 Å². The summed E-state index contributed by atoms with van der Waals surface area (Å²) in [5.74, 6) is 1.56. The molecule has 2 heterocycles. The molecule has 0 saturated carbocycles. The molecule has 2 aliphatic rings. The average molecular weight is 813 g/mol. The summed E-state index contributed by atoms with van der Waals surface area (Å²) in [6.07, 6.45) is 16.0. The number of hydrogen-bond donors (Lipinski definition) is 0. The maximum absolute atomic E-state index is 14.6. The van der Waals surface area contributed by atoms with Gasteiger partial charge in [-0.2, -0.15) is 0 Å². The molecule has 0 aromatic heterocycles. The van der Waals surface area contributed by atoms with E-state index in [0.717, 1.165) is 109 Å². The molecule has 0 spiro atoms. The first kappa shape index (κ1) is 43.2. The number of ether oxygens (including phenoxy) is 4. The molecule has 318 valence electrons. The summed E-state index contributed by atoms with van der Waals surface area (Å²) in [5, 5.41) is 4.04. The molecule has 0 bridgehead atoms. The van der Waals surface area contributed by atoms with Crippen molar-refractivity contribution in [3.8, 4) is 11.5 Å². The molecule has 7 rings (SSSR count). The quantitative estimate of drug-likeness (QED) is 0.0408. The molecule has 60 heavy (non-hydrogen) atoms. The predicted octanol–water partition coefficient (Wildman–Crippen LogP) is 12.3. The third kappa shape index (κ3) is 12.6. The van der Waals surface area contributed by atoms with E-state index in [4.69, 9.17) is 18.9 Å². The highest BCUT2D eigenvalue weighted by molar-refractivity contribution is 6.10. The zero-order valence-corrected chi connectivity index (χ0v) is 35.9. The molecule has 0 radical (unpaired) electrons. The molecule has 2 unspecified atom stereocenters. The monoisotopic (exact) mass is 812 g/mol. The number of hydrogen-bond acceptors (Lipinski definition) is 6. The number of carbonyl (C=O) groups excluding carboxylic acids is 2. The molecule has 2 atom stereocenters. The zero-order chi connectivity index (χ0) is 41.5. The molecule has 2 saturated heterocycles. The normalized spacial score (nSPS) is 15.6. The number of amides is 2. The van der Waals surface area contributed by atoms with Gasteiger partial charge in [-0.25, -0.2) is 0 Å². The molecular formula is C52H64N2O6. The Morgan fingerprint density at radius 3 is 1.35 bits per heavy atom. The molecule has 8 heteroatoms. The first-order chi connectivity index (χ1) is 29.5. The second-order valence-electron chi connectivity index (χ2n) is 16.6. The lowest BCUT2D eigenvalue weighted by atomic mass is 10.0. The van der Waals surface area contributed by atoms with Crippen LogP contribution in [0.5, 0.6) is 11.5 Å². The van der Waals surface area contributed by atoms with Gasteiger partial charge in [-0.15, -0.1) is 0 Å². The molecule has 2 aliphatic heterocycles. The van der Waals surface area contributed by atoms with Crippen molar-refractivity contribution in [3.05, 3.63) is 108 Å². The van der Waals surface area contributed by atoms with E-state index < -0.39 is 0 Å². The summed E-state index contributed by atoms with van der Waals surface area (Å²) >= 11 is 0. The van der Waals surface area contributed by atoms with Gasteiger partial charge in [0.1, 0.15) is 11.5 Å². The van der Waals surface area contributed by atoms with E-state index >= 15 is 0 Å². The van der Waals surface area contributed by atoms with Crippen LogP contribution in [0.2, 0.25) is 0 Å². The number of carbonyl (C=O) groups is 2. The van der Waals surface area contributed by atoms with Crippen LogP contribution in [0, 0.1) is 0 Å². The van der Waals surface area contributed by atoms with Crippen molar-refractivity contribution < 1.29 is 28.5 Å². The Morgan fingerprint density at radius 1 is 0.517 bits per heavy atom. The summed E-state index contributed by atoms with van der Waals surface area (Å²) in [6.45, 7) is 8.56. The lowest BCUT2D eigenvalue weighted by Gasteiger charge is -2.27. The second kappa shape index (κ2) is 22.1. The van der Waals surface area contributed by atoms with E-state index in [1.807, 2.05) is 107 Å². The van der Waals surface area contributed by atoms with Crippen LogP contribution in [-0.2, 0) is 9.47 Å². The van der Waals surface area contributed by atoms with Crippen molar-refractivity contribution in [1.82, 2.24) is 0 Å². The van der Waals surface area contributed by atoms with Gasteiger partial charge in [-0.1, -0.05) is 108 Å². The number of epoxide rings is 2. The van der Waals surface area contributed by atoms with Gasteiger partial charge in [0.25, 0.3) is 11.8 Å². The predicted molar refractivity (Wildman–Crippen MR) is 244 cm³/mol. The standard InChI is InChI=1S/C52H64N2O6/c1-3-5-7-9-11-13-28-53(51(55)43-20-18-41-34-47(24-22-39(41)32-43)57-30-26-49-37-59-49)45-16-15-17-46(36-45)54(29-14-12-10-8-6-4-2)52(56)44-21-19-42-35-48(25-23-40(42)33-44)58-31-27-50-38-60-50/h15-25,32-36,49-50H,3-14,26-31,37-38H2,1-2H3. The molecule has 5 aromatic carbocycles. The second-order valence-corrected chi connectivity index (χ2v) is 16.6. The fraction of sp³-hybridized carbons (Fsp3) is 0.462. The number of nitrogens with zero attached hydrogens (tertiary/aromatic N) is 2. The van der Waals surface area contributed by atoms with Gasteiger partial charge >= 0.3 is 0 Å². The Balaban J connectivity index is 1.12. The summed E-state index contributed by atoms with van der Waals surface area (Å²) in [6, 6.07) is 32.0. The molecule has 8 nitrogen and oxygen atoms in total. The van der Waals surface area contributed by atoms with E-state index in [1.165, 1.54) is 38.5 Å². The number of fused-ring (bicyclic) bond motifs is 2. The minimum Gasteiger partial charge on any atom is -0.493 e. The molecule has 5 aromatic rings. The van der Waals surface area contributed by atoms with Gasteiger partial charge in [0.05, 0.1) is 38.6 Å². The Labute approximate surface area is 357 Å². The molecule has 2 fully saturated rings. The highest BCUT2D eigenvalue weighted by Crippen LogP contribution is 2.30. The van der Waals surface area contributed by atoms with E-state index in [9.17, 15) is 9.59 Å². The minimum atomic E-state index is -0.0417. The third-order valence-electron chi connectivity index (χ3n) is 11.8. The molecule has 0 aliphatic carbocycles. The first-order valence-corrected chi connectivity index (χ1v) is 22.8. The van der Waals surface area contributed by atoms with Gasteiger partial charge in [0.2, 0.25) is 0 Å². The summed E-state index contributed by atoms with van der Waals surface area (Å²) < 4.78 is 22.6. The molecular weight excluding hydrogens is 749 g/mol. The fourth-order valence-corrected chi connectivity index (χ4v) is 7.92. The van der Waals surface area contributed by atoms with Crippen LogP contribution in [-0.4, -0.2) is 63.5 Å². The number of anilines is 2. The van der Waals surface area contributed by atoms with Crippen LogP contribution in [0.15, 0.2) is 97.1 Å². The topological polar surface area (TPSA) is 84.1 Å². The number of benzene rings is 5. The summed E-state index contributed by atoms with van der Waals surface area (Å²) in [4.78, 5) is 33.0. The van der Waals surface area contributed by atoms with Gasteiger partial charge in [0.15, 0.2) is 0 Å². The van der Waals surface area contributed by atoms with Crippen molar-refractivity contribution in [1.29, 1.82) is 0 Å². The lowest BCUT2D eigenvalue weighted by molar-refractivity contribution is 0.0980. The minimum absolute atomic E-state index is 0.0417. The number of rotatable bonds is 26. The maximum atomic E-state index is 14.6. The smallest absolute Gasteiger partial charge is 0.258 e. The lowest BCUT2D eigenvalue weighted by Crippen LogP contribution is -2.34. The largest absolute Gasteiger partial charge is 0.493 e. The highest BCUT2D eigenvalue weighted by atomic mass is 16.6. The molecule has 0 N–H and O–H groups in total. The van der Waals surface area contributed by atoms with Crippen LogP contribution in [0.4, 0.5) is 11.4 Å². The van der Waals surface area contributed by atoms with E-state index in [2.05, 4.69) is 13.8 Å². The van der Waals surface area contributed by atoms with Gasteiger partial charge in [-0.05, 0) is 101 Å². The maximum Gasteiger partial charge on any atom is 0.258 e. The number of unbranched alkanes of at least 4 members (excludes halogenated alkanes) is 10. The Bertz CT molecular complexity index is 2010. The Hall–Kier alpha value is -4.92. The fourth-order valence-electron chi connectivity index (χ4n) is 7.92. The Morgan fingerprint density at radius 2 is 0.917 bits per heavy atom. The summed E-state index contributed by atoms with van der Waals surface area (Å²) in [5.41, 5.74) is 2.88. The van der Waals surface area contributed by atoms with Crippen LogP contribution in [0.1, 0.15) is 124 Å². The average Bonchev–Trinajstić information content (AvgIpc) is 4.23.